The van der Waals surface area contributed by atoms with Gasteiger partial charge in [-0.15, -0.1) is 11.3 Å². The maximum Gasteiger partial charge on any atom is 0.270 e. The summed E-state index contributed by atoms with van der Waals surface area (Å²) < 4.78 is 8.67. The summed E-state index contributed by atoms with van der Waals surface area (Å²) in [5.74, 6) is 0.776. The number of imidazole rings is 1. The lowest BCUT2D eigenvalue weighted by molar-refractivity contribution is 0.122. The Balaban J connectivity index is 1.18. The van der Waals surface area contributed by atoms with E-state index in [4.69, 9.17) is 21.3 Å². The number of hydrogen-bond acceptors (Lipinski definition) is 9. The van der Waals surface area contributed by atoms with E-state index in [1.807, 2.05) is 36.4 Å². The number of halogens is 1. The number of thiazole rings is 1. The van der Waals surface area contributed by atoms with Gasteiger partial charge >= 0.3 is 0 Å². The third-order valence-corrected chi connectivity index (χ3v) is 7.78. The zero-order chi connectivity index (χ0) is 26.3. The predicted octanol–water partition coefficient (Wildman–Crippen LogP) is 4.79. The maximum atomic E-state index is 13.5. The fraction of sp³-hybridized carbons (Fsp3) is 0.148. The highest BCUT2D eigenvalue weighted by Crippen LogP contribution is 2.29. The monoisotopic (exact) mass is 556 g/mol. The van der Waals surface area contributed by atoms with Crippen LogP contribution in [0.15, 0.2) is 77.3 Å². The first-order valence-electron chi connectivity index (χ1n) is 12.3. The fourth-order valence-corrected chi connectivity index (χ4v) is 5.71. The first kappa shape index (κ1) is 23.8. The van der Waals surface area contributed by atoms with Gasteiger partial charge in [0.25, 0.3) is 5.56 Å². The van der Waals surface area contributed by atoms with Gasteiger partial charge in [0.05, 0.1) is 29.6 Å². The lowest BCUT2D eigenvalue weighted by Crippen LogP contribution is -2.36. The number of benzene rings is 2. The van der Waals surface area contributed by atoms with E-state index >= 15 is 0 Å². The number of fused-ring (bicyclic) bond motifs is 3. The van der Waals surface area contributed by atoms with E-state index in [9.17, 15) is 4.79 Å². The van der Waals surface area contributed by atoms with Crippen molar-refractivity contribution in [2.45, 2.75) is 0 Å². The normalized spacial score (nSPS) is 13.8. The summed E-state index contributed by atoms with van der Waals surface area (Å²) in [7, 11) is 0. The Morgan fingerprint density at radius 1 is 1.00 bits per heavy atom. The van der Waals surface area contributed by atoms with E-state index in [-0.39, 0.29) is 5.56 Å². The molecule has 0 atom stereocenters. The average molecular weight is 557 g/mol. The lowest BCUT2D eigenvalue weighted by Gasteiger charge is -2.26. The SMILES string of the molecule is O=c1c2cnc(Nc3ccc(-c4csc(N5CCOCC5)n4)cc3)nc2n2ccnc2n1-c1ccccc1Cl. The molecule has 1 aliphatic rings. The molecule has 0 unspecified atom stereocenters. The summed E-state index contributed by atoms with van der Waals surface area (Å²) in [4.78, 5) is 34.0. The second-order valence-electron chi connectivity index (χ2n) is 8.94. The van der Waals surface area contributed by atoms with Crippen molar-refractivity contribution in [3.8, 4) is 16.9 Å². The van der Waals surface area contributed by atoms with Crippen LogP contribution in [0.3, 0.4) is 0 Å². The number of ether oxygens (including phenoxy) is 1. The molecule has 1 saturated heterocycles. The Labute approximate surface area is 231 Å². The van der Waals surface area contributed by atoms with Crippen LogP contribution in [-0.4, -0.2) is 55.2 Å². The number of para-hydroxylation sites is 1. The van der Waals surface area contributed by atoms with Crippen molar-refractivity contribution in [2.75, 3.05) is 36.5 Å². The summed E-state index contributed by atoms with van der Waals surface area (Å²) >= 11 is 8.05. The van der Waals surface area contributed by atoms with E-state index < -0.39 is 0 Å². The summed E-state index contributed by atoms with van der Waals surface area (Å²) in [6.07, 6.45) is 4.91. The van der Waals surface area contributed by atoms with Crippen molar-refractivity contribution >= 4 is 56.5 Å². The van der Waals surface area contributed by atoms with Crippen LogP contribution >= 0.6 is 22.9 Å². The molecule has 39 heavy (non-hydrogen) atoms. The third-order valence-electron chi connectivity index (χ3n) is 6.56. The molecule has 4 aromatic heterocycles. The number of nitrogens with zero attached hydrogens (tertiary/aromatic N) is 7. The first-order chi connectivity index (χ1) is 19.2. The van der Waals surface area contributed by atoms with Crippen LogP contribution in [0.1, 0.15) is 0 Å². The van der Waals surface area contributed by atoms with Crippen molar-refractivity contribution in [1.29, 1.82) is 0 Å². The number of nitrogens with one attached hydrogen (secondary N) is 1. The molecule has 10 nitrogen and oxygen atoms in total. The fourth-order valence-electron chi connectivity index (χ4n) is 4.61. The van der Waals surface area contributed by atoms with Gasteiger partial charge < -0.3 is 15.0 Å². The molecule has 1 N–H and O–H groups in total. The van der Waals surface area contributed by atoms with Gasteiger partial charge in [0.1, 0.15) is 5.39 Å². The Morgan fingerprint density at radius 2 is 1.82 bits per heavy atom. The quantitative estimate of drug-likeness (QED) is 0.323. The van der Waals surface area contributed by atoms with Crippen molar-refractivity contribution < 1.29 is 4.74 Å². The molecule has 5 heterocycles. The van der Waals surface area contributed by atoms with Gasteiger partial charge in [-0.2, -0.15) is 4.98 Å². The summed E-state index contributed by atoms with van der Waals surface area (Å²) in [6, 6.07) is 15.1. The number of aromatic nitrogens is 6. The number of hydrogen-bond donors (Lipinski definition) is 1. The second kappa shape index (κ2) is 9.77. The van der Waals surface area contributed by atoms with E-state index in [1.54, 1.807) is 40.3 Å². The smallest absolute Gasteiger partial charge is 0.270 e. The maximum absolute atomic E-state index is 13.5. The summed E-state index contributed by atoms with van der Waals surface area (Å²) in [6.45, 7) is 3.19. The van der Waals surface area contributed by atoms with Crippen LogP contribution in [0.4, 0.5) is 16.8 Å². The summed E-state index contributed by atoms with van der Waals surface area (Å²) in [5.41, 5.74) is 3.47. The molecule has 0 saturated carbocycles. The number of morpholine rings is 1. The van der Waals surface area contributed by atoms with Gasteiger partial charge in [-0.1, -0.05) is 35.9 Å². The molecular weight excluding hydrogens is 536 g/mol. The molecule has 194 valence electrons. The number of anilines is 3. The van der Waals surface area contributed by atoms with Crippen LogP contribution in [0.5, 0.6) is 0 Å². The Morgan fingerprint density at radius 3 is 2.64 bits per heavy atom. The molecule has 0 bridgehead atoms. The second-order valence-corrected chi connectivity index (χ2v) is 10.2. The Bertz CT molecular complexity index is 1880. The highest BCUT2D eigenvalue weighted by Gasteiger charge is 2.18. The molecule has 0 spiro atoms. The molecule has 1 aliphatic heterocycles. The van der Waals surface area contributed by atoms with Gasteiger partial charge in [-0.3, -0.25) is 9.20 Å². The Hall–Kier alpha value is -4.32. The van der Waals surface area contributed by atoms with Crippen LogP contribution in [0, 0.1) is 0 Å². The molecule has 2 aromatic carbocycles. The van der Waals surface area contributed by atoms with Gasteiger partial charge in [-0.25, -0.2) is 19.5 Å². The largest absolute Gasteiger partial charge is 0.378 e. The topological polar surface area (TPSA) is 102 Å². The first-order valence-corrected chi connectivity index (χ1v) is 13.6. The van der Waals surface area contributed by atoms with Gasteiger partial charge in [0.15, 0.2) is 10.8 Å². The summed E-state index contributed by atoms with van der Waals surface area (Å²) in [5, 5.41) is 7.12. The van der Waals surface area contributed by atoms with E-state index in [0.29, 0.717) is 33.5 Å². The van der Waals surface area contributed by atoms with Crippen LogP contribution < -0.4 is 15.8 Å². The van der Waals surface area contributed by atoms with E-state index in [0.717, 1.165) is 48.4 Å². The van der Waals surface area contributed by atoms with Gasteiger partial charge in [-0.05, 0) is 24.3 Å². The van der Waals surface area contributed by atoms with Crippen LogP contribution in [0.25, 0.3) is 33.8 Å². The van der Waals surface area contributed by atoms with Gasteiger partial charge in [0.2, 0.25) is 11.7 Å². The van der Waals surface area contributed by atoms with Crippen LogP contribution in [0.2, 0.25) is 5.02 Å². The minimum absolute atomic E-state index is 0.299. The van der Waals surface area contributed by atoms with Crippen molar-refractivity contribution in [1.82, 2.24) is 28.9 Å². The number of rotatable bonds is 5. The molecule has 12 heteroatoms. The van der Waals surface area contributed by atoms with Gasteiger partial charge in [0, 0.05) is 48.3 Å². The predicted molar refractivity (Wildman–Crippen MR) is 153 cm³/mol. The highest BCUT2D eigenvalue weighted by atomic mass is 35.5. The average Bonchev–Trinajstić information content (AvgIpc) is 3.66. The zero-order valence-electron chi connectivity index (χ0n) is 20.5. The molecule has 0 amide bonds. The highest BCUT2D eigenvalue weighted by molar-refractivity contribution is 7.14. The molecule has 0 radical (unpaired) electrons. The molecule has 0 aliphatic carbocycles. The minimum Gasteiger partial charge on any atom is -0.378 e. The Kier molecular flexibility index (Phi) is 5.95. The van der Waals surface area contributed by atoms with Crippen molar-refractivity contribution in [2.24, 2.45) is 0 Å². The standard InChI is InChI=1S/C27H21ClN8O2S/c28-20-3-1-2-4-22(20)36-24(37)19-15-30-25(33-23(19)35-10-9-29-26(35)36)31-18-7-5-17(6-8-18)21-16-39-27(32-21)34-11-13-38-14-12-34/h1-10,15-16H,11-14H2,(H,30,31,33). The minimum atomic E-state index is -0.299. The molecule has 1 fully saturated rings. The van der Waals surface area contributed by atoms with Crippen molar-refractivity contribution in [3.05, 3.63) is 87.9 Å². The lowest BCUT2D eigenvalue weighted by atomic mass is 10.1. The zero-order valence-corrected chi connectivity index (χ0v) is 22.1. The molecular formula is C27H21ClN8O2S. The van der Waals surface area contributed by atoms with Crippen molar-refractivity contribution in [3.63, 3.8) is 0 Å². The van der Waals surface area contributed by atoms with E-state index in [1.165, 1.54) is 10.8 Å². The van der Waals surface area contributed by atoms with Crippen LogP contribution in [-0.2, 0) is 4.74 Å². The van der Waals surface area contributed by atoms with E-state index in [2.05, 4.69) is 30.5 Å². The molecule has 6 aromatic rings. The third kappa shape index (κ3) is 4.30. The molecule has 7 rings (SSSR count).